The number of nitrogens with zero attached hydrogens (tertiary/aromatic N) is 1. The molecule has 3 rings (SSSR count). The van der Waals surface area contributed by atoms with Gasteiger partial charge >= 0.3 is 0 Å². The zero-order chi connectivity index (χ0) is 21.0. The normalized spacial score (nSPS) is 14.5. The molecule has 156 valence electrons. The first-order chi connectivity index (χ1) is 13.8. The van der Waals surface area contributed by atoms with E-state index in [1.165, 1.54) is 24.7 Å². The third-order valence-corrected chi connectivity index (χ3v) is 6.65. The van der Waals surface area contributed by atoms with Crippen LogP contribution in [0.3, 0.4) is 0 Å². The van der Waals surface area contributed by atoms with Crippen LogP contribution in [0.1, 0.15) is 31.0 Å². The second-order valence-corrected chi connectivity index (χ2v) is 9.00. The van der Waals surface area contributed by atoms with Gasteiger partial charge in [-0.3, -0.25) is 4.79 Å². The van der Waals surface area contributed by atoms with Gasteiger partial charge in [-0.1, -0.05) is 31.2 Å². The van der Waals surface area contributed by atoms with Crippen molar-refractivity contribution in [3.63, 3.8) is 0 Å². The number of likely N-dealkylation sites (N-methyl/N-ethyl adjacent to an activating group) is 1. The minimum absolute atomic E-state index is 0.0558. The highest BCUT2D eigenvalue weighted by molar-refractivity contribution is 7.89. The van der Waals surface area contributed by atoms with Gasteiger partial charge < -0.3 is 14.8 Å². The summed E-state index contributed by atoms with van der Waals surface area (Å²) in [5.74, 6) is 0.526. The van der Waals surface area contributed by atoms with Gasteiger partial charge in [0.15, 0.2) is 11.5 Å². The average molecular weight is 419 g/mol. The summed E-state index contributed by atoms with van der Waals surface area (Å²) in [4.78, 5) is 12.5. The van der Waals surface area contributed by atoms with Gasteiger partial charge in [-0.15, -0.1) is 0 Å². The van der Waals surface area contributed by atoms with Crippen LogP contribution in [0.15, 0.2) is 47.4 Å². The smallest absolute Gasteiger partial charge is 0.243 e. The maximum Gasteiger partial charge on any atom is 0.243 e. The van der Waals surface area contributed by atoms with Crippen molar-refractivity contribution in [2.75, 3.05) is 26.8 Å². The molecule has 0 fully saturated rings. The van der Waals surface area contributed by atoms with E-state index in [1.54, 1.807) is 6.07 Å². The zero-order valence-corrected chi connectivity index (χ0v) is 17.7. The van der Waals surface area contributed by atoms with Crippen molar-refractivity contribution in [1.82, 2.24) is 9.62 Å². The number of hydrogen-bond donors (Lipinski definition) is 1. The monoisotopic (exact) mass is 418 g/mol. The number of carbonyl (C=O) groups is 1. The molecule has 1 atom stereocenters. The van der Waals surface area contributed by atoms with E-state index in [0.29, 0.717) is 24.7 Å². The van der Waals surface area contributed by atoms with Crippen LogP contribution in [-0.4, -0.2) is 45.4 Å². The maximum atomic E-state index is 12.8. The Morgan fingerprint density at radius 1 is 1.10 bits per heavy atom. The number of sulfonamides is 1. The number of fused-ring (bicyclic) bond motifs is 1. The molecular weight excluding hydrogens is 392 g/mol. The Hall–Kier alpha value is -2.58. The second-order valence-electron chi connectivity index (χ2n) is 6.95. The summed E-state index contributed by atoms with van der Waals surface area (Å²) in [5, 5.41) is 2.85. The van der Waals surface area contributed by atoms with Crippen LogP contribution in [0.5, 0.6) is 11.5 Å². The van der Waals surface area contributed by atoms with E-state index in [1.807, 2.05) is 31.2 Å². The molecule has 0 unspecified atom stereocenters. The van der Waals surface area contributed by atoms with E-state index >= 15 is 0 Å². The molecule has 1 amide bonds. The van der Waals surface area contributed by atoms with E-state index in [2.05, 4.69) is 12.2 Å². The first-order valence-corrected chi connectivity index (χ1v) is 11.0. The Kier molecular flexibility index (Phi) is 6.44. The number of hydrogen-bond acceptors (Lipinski definition) is 5. The molecule has 1 N–H and O–H groups in total. The lowest BCUT2D eigenvalue weighted by Gasteiger charge is -2.22. The molecule has 8 heteroatoms. The van der Waals surface area contributed by atoms with Crippen LogP contribution in [0.2, 0.25) is 0 Å². The fraction of sp³-hybridized carbons (Fsp3) is 0.381. The summed E-state index contributed by atoms with van der Waals surface area (Å²) in [6, 6.07) is 12.2. The van der Waals surface area contributed by atoms with Crippen LogP contribution in [0.4, 0.5) is 0 Å². The molecule has 0 bridgehead atoms. The topological polar surface area (TPSA) is 84.9 Å². The summed E-state index contributed by atoms with van der Waals surface area (Å²) in [6.45, 7) is 4.46. The standard InChI is InChI=1S/C21H26N2O5S/c1-4-16-5-7-17(8-6-16)15(2)22-21(24)14-23(3)29(25,26)18-9-10-19-20(13-18)28-12-11-27-19/h5-10,13,15H,4,11-12,14H2,1-3H3,(H,22,24)/t15-/m1/s1. The fourth-order valence-electron chi connectivity index (χ4n) is 3.06. The molecule has 7 nitrogen and oxygen atoms in total. The molecule has 2 aromatic carbocycles. The number of ether oxygens (including phenoxy) is 2. The molecule has 1 aliphatic rings. The second kappa shape index (κ2) is 8.84. The number of carbonyl (C=O) groups excluding carboxylic acids is 1. The van der Waals surface area contributed by atoms with Crippen LogP contribution in [0, 0.1) is 0 Å². The Bertz CT molecular complexity index is 973. The number of benzene rings is 2. The van der Waals surface area contributed by atoms with Crippen LogP contribution >= 0.6 is 0 Å². The number of aryl methyl sites for hydroxylation is 1. The summed E-state index contributed by atoms with van der Waals surface area (Å²) in [6.07, 6.45) is 0.948. The molecule has 29 heavy (non-hydrogen) atoms. The van der Waals surface area contributed by atoms with Gasteiger partial charge in [-0.25, -0.2) is 8.42 Å². The van der Waals surface area contributed by atoms with Gasteiger partial charge in [0.2, 0.25) is 15.9 Å². The Morgan fingerprint density at radius 2 is 1.76 bits per heavy atom. The lowest BCUT2D eigenvalue weighted by Crippen LogP contribution is -2.39. The van der Waals surface area contributed by atoms with E-state index in [0.717, 1.165) is 16.3 Å². The molecule has 0 aliphatic carbocycles. The Labute approximate surface area is 171 Å². The molecule has 0 aromatic heterocycles. The van der Waals surface area contributed by atoms with Gasteiger partial charge in [0.25, 0.3) is 0 Å². The largest absolute Gasteiger partial charge is 0.486 e. The third-order valence-electron chi connectivity index (χ3n) is 4.85. The first kappa shape index (κ1) is 21.1. The summed E-state index contributed by atoms with van der Waals surface area (Å²) in [5.41, 5.74) is 2.19. The Morgan fingerprint density at radius 3 is 2.41 bits per heavy atom. The van der Waals surface area contributed by atoms with Crippen molar-refractivity contribution in [3.8, 4) is 11.5 Å². The number of nitrogens with one attached hydrogen (secondary N) is 1. The van der Waals surface area contributed by atoms with Crippen molar-refractivity contribution >= 4 is 15.9 Å². The van der Waals surface area contributed by atoms with Crippen LogP contribution < -0.4 is 14.8 Å². The molecular formula is C21H26N2O5S. The molecule has 2 aromatic rings. The number of rotatable bonds is 7. The van der Waals surface area contributed by atoms with Gasteiger partial charge in [0.05, 0.1) is 17.5 Å². The molecule has 0 radical (unpaired) electrons. The van der Waals surface area contributed by atoms with Crippen molar-refractivity contribution < 1.29 is 22.7 Å². The lowest BCUT2D eigenvalue weighted by molar-refractivity contribution is -0.121. The van der Waals surface area contributed by atoms with E-state index < -0.39 is 10.0 Å². The molecule has 0 spiro atoms. The minimum Gasteiger partial charge on any atom is -0.486 e. The summed E-state index contributed by atoms with van der Waals surface area (Å²) in [7, 11) is -2.46. The highest BCUT2D eigenvalue weighted by Gasteiger charge is 2.25. The third kappa shape index (κ3) is 4.89. The van der Waals surface area contributed by atoms with Crippen molar-refractivity contribution in [2.45, 2.75) is 31.2 Å². The molecule has 0 saturated carbocycles. The van der Waals surface area contributed by atoms with Crippen molar-refractivity contribution in [3.05, 3.63) is 53.6 Å². The van der Waals surface area contributed by atoms with Gasteiger partial charge in [-0.2, -0.15) is 4.31 Å². The predicted molar refractivity (Wildman–Crippen MR) is 110 cm³/mol. The predicted octanol–water partition coefficient (Wildman–Crippen LogP) is 2.52. The Balaban J connectivity index is 1.64. The number of amides is 1. The lowest BCUT2D eigenvalue weighted by atomic mass is 10.1. The summed E-state index contributed by atoms with van der Waals surface area (Å²) < 4.78 is 37.6. The van der Waals surface area contributed by atoms with Crippen molar-refractivity contribution in [1.29, 1.82) is 0 Å². The first-order valence-electron chi connectivity index (χ1n) is 9.55. The molecule has 1 aliphatic heterocycles. The zero-order valence-electron chi connectivity index (χ0n) is 16.8. The van der Waals surface area contributed by atoms with Crippen LogP contribution in [0.25, 0.3) is 0 Å². The van der Waals surface area contributed by atoms with Gasteiger partial charge in [0.1, 0.15) is 13.2 Å². The molecule has 0 saturated heterocycles. The average Bonchev–Trinajstić information content (AvgIpc) is 2.73. The quantitative estimate of drug-likeness (QED) is 0.747. The van der Waals surface area contributed by atoms with Crippen molar-refractivity contribution in [2.24, 2.45) is 0 Å². The van der Waals surface area contributed by atoms with Gasteiger partial charge in [0, 0.05) is 13.1 Å². The van der Waals surface area contributed by atoms with Gasteiger partial charge in [-0.05, 0) is 36.6 Å². The van der Waals surface area contributed by atoms with Crippen LogP contribution in [-0.2, 0) is 21.2 Å². The van der Waals surface area contributed by atoms with E-state index in [9.17, 15) is 13.2 Å². The highest BCUT2D eigenvalue weighted by Crippen LogP contribution is 2.32. The summed E-state index contributed by atoms with van der Waals surface area (Å²) >= 11 is 0. The van der Waals surface area contributed by atoms with E-state index in [-0.39, 0.29) is 23.4 Å². The fourth-order valence-corrected chi connectivity index (χ4v) is 4.21. The SMILES string of the molecule is CCc1ccc([C@@H](C)NC(=O)CN(C)S(=O)(=O)c2ccc3c(c2)OCCO3)cc1. The molecule has 1 heterocycles. The maximum absolute atomic E-state index is 12.8. The minimum atomic E-state index is -3.84. The van der Waals surface area contributed by atoms with E-state index in [4.69, 9.17) is 9.47 Å². The highest BCUT2D eigenvalue weighted by atomic mass is 32.2.